The maximum Gasteiger partial charge on any atom is 0.363 e. The zero-order chi connectivity index (χ0) is 20.5. The van der Waals surface area contributed by atoms with Crippen LogP contribution in [-0.2, 0) is 19.1 Å². The molecule has 0 spiro atoms. The van der Waals surface area contributed by atoms with Crippen LogP contribution in [0.1, 0.15) is 22.6 Å². The first-order chi connectivity index (χ1) is 14.7. The van der Waals surface area contributed by atoms with Gasteiger partial charge >= 0.3 is 11.9 Å². The lowest BCUT2D eigenvalue weighted by Crippen LogP contribution is -2.04. The minimum Gasteiger partial charge on any atom is -0.459 e. The third-order valence-corrected chi connectivity index (χ3v) is 4.25. The van der Waals surface area contributed by atoms with Crippen molar-refractivity contribution in [3.8, 4) is 0 Å². The molecule has 0 aliphatic carbocycles. The minimum atomic E-state index is -0.555. The van der Waals surface area contributed by atoms with E-state index in [9.17, 15) is 9.59 Å². The van der Waals surface area contributed by atoms with Crippen molar-refractivity contribution in [1.29, 1.82) is 0 Å². The predicted molar refractivity (Wildman–Crippen MR) is 105 cm³/mol. The Bertz CT molecular complexity index is 1140. The zero-order valence-corrected chi connectivity index (χ0v) is 15.3. The maximum absolute atomic E-state index is 12.0. The first-order valence-electron chi connectivity index (χ1n) is 8.89. The number of rotatable bonds is 4. The molecule has 0 amide bonds. The standard InChI is InChI=1S/C22H12N2O6/c25-21-15(23-19(29-21)17-3-1-9-27-17)11-13-5-7-14(8-6-13)12-16-22(26)30-20(24-16)18-4-2-10-28-18/h1-12H. The van der Waals surface area contributed by atoms with E-state index in [-0.39, 0.29) is 23.2 Å². The molecule has 30 heavy (non-hydrogen) atoms. The number of carbonyl (C=O) groups is 2. The Hall–Kier alpha value is -4.46. The highest BCUT2D eigenvalue weighted by atomic mass is 16.6. The van der Waals surface area contributed by atoms with Crippen LogP contribution < -0.4 is 0 Å². The molecule has 146 valence electrons. The van der Waals surface area contributed by atoms with Crippen molar-refractivity contribution in [1.82, 2.24) is 0 Å². The Morgan fingerprint density at radius 2 is 1.07 bits per heavy atom. The number of hydrogen-bond acceptors (Lipinski definition) is 8. The van der Waals surface area contributed by atoms with E-state index in [0.29, 0.717) is 11.5 Å². The van der Waals surface area contributed by atoms with E-state index < -0.39 is 11.9 Å². The van der Waals surface area contributed by atoms with Crippen LogP contribution in [0.4, 0.5) is 0 Å². The van der Waals surface area contributed by atoms with Crippen LogP contribution in [0.2, 0.25) is 0 Å². The van der Waals surface area contributed by atoms with Gasteiger partial charge in [-0.25, -0.2) is 19.6 Å². The first-order valence-corrected chi connectivity index (χ1v) is 8.89. The van der Waals surface area contributed by atoms with Crippen molar-refractivity contribution in [2.75, 3.05) is 0 Å². The molecule has 0 atom stereocenters. The second-order valence-corrected chi connectivity index (χ2v) is 6.29. The molecule has 0 unspecified atom stereocenters. The Balaban J connectivity index is 1.36. The van der Waals surface area contributed by atoms with Crippen molar-refractivity contribution in [2.24, 2.45) is 9.98 Å². The second-order valence-electron chi connectivity index (χ2n) is 6.29. The van der Waals surface area contributed by atoms with Crippen molar-refractivity contribution in [3.05, 3.63) is 95.1 Å². The highest BCUT2D eigenvalue weighted by Gasteiger charge is 2.26. The number of hydrogen-bond donors (Lipinski definition) is 0. The lowest BCUT2D eigenvalue weighted by atomic mass is 10.1. The monoisotopic (exact) mass is 400 g/mol. The number of ether oxygens (including phenoxy) is 2. The number of nitrogens with zero attached hydrogens (tertiary/aromatic N) is 2. The van der Waals surface area contributed by atoms with Crippen LogP contribution in [0.3, 0.4) is 0 Å². The van der Waals surface area contributed by atoms with Crippen molar-refractivity contribution >= 4 is 35.9 Å². The summed E-state index contributed by atoms with van der Waals surface area (Å²) in [6.45, 7) is 0. The van der Waals surface area contributed by atoms with E-state index in [1.165, 1.54) is 12.5 Å². The van der Waals surface area contributed by atoms with E-state index in [2.05, 4.69) is 9.98 Å². The van der Waals surface area contributed by atoms with Gasteiger partial charge in [-0.1, -0.05) is 24.3 Å². The average Bonchev–Trinajstić information content (AvgIpc) is 3.53. The summed E-state index contributed by atoms with van der Waals surface area (Å²) < 4.78 is 20.6. The summed E-state index contributed by atoms with van der Waals surface area (Å²) in [6.07, 6.45) is 6.16. The van der Waals surface area contributed by atoms with Crippen molar-refractivity contribution in [2.45, 2.75) is 0 Å². The molecular formula is C22H12N2O6. The van der Waals surface area contributed by atoms with E-state index in [4.69, 9.17) is 18.3 Å². The van der Waals surface area contributed by atoms with Gasteiger partial charge in [0.1, 0.15) is 0 Å². The van der Waals surface area contributed by atoms with Crippen LogP contribution in [0, 0.1) is 0 Å². The van der Waals surface area contributed by atoms with Gasteiger partial charge in [0, 0.05) is 0 Å². The van der Waals surface area contributed by atoms with Crippen molar-refractivity contribution < 1.29 is 27.9 Å². The van der Waals surface area contributed by atoms with Crippen LogP contribution in [0.5, 0.6) is 0 Å². The molecule has 0 radical (unpaired) electrons. The summed E-state index contributed by atoms with van der Waals surface area (Å²) in [5.74, 6) is -0.0920. The van der Waals surface area contributed by atoms with Crippen molar-refractivity contribution in [3.63, 3.8) is 0 Å². The Morgan fingerprint density at radius 1 is 0.633 bits per heavy atom. The fourth-order valence-electron chi connectivity index (χ4n) is 2.83. The fourth-order valence-corrected chi connectivity index (χ4v) is 2.83. The van der Waals surface area contributed by atoms with Gasteiger partial charge < -0.3 is 18.3 Å². The van der Waals surface area contributed by atoms with Gasteiger partial charge in [0.05, 0.1) is 12.5 Å². The van der Waals surface area contributed by atoms with E-state index in [0.717, 1.165) is 11.1 Å². The highest BCUT2D eigenvalue weighted by molar-refractivity contribution is 6.12. The van der Waals surface area contributed by atoms with E-state index in [1.807, 2.05) is 0 Å². The summed E-state index contributed by atoms with van der Waals surface area (Å²) in [6, 6.07) is 13.8. The smallest absolute Gasteiger partial charge is 0.363 e. The molecule has 2 aliphatic rings. The van der Waals surface area contributed by atoms with E-state index in [1.54, 1.807) is 60.7 Å². The van der Waals surface area contributed by atoms with Crippen LogP contribution in [-0.4, -0.2) is 23.7 Å². The average molecular weight is 400 g/mol. The molecule has 0 N–H and O–H groups in total. The Kier molecular flexibility index (Phi) is 4.21. The summed E-state index contributed by atoms with van der Waals surface area (Å²) >= 11 is 0. The van der Waals surface area contributed by atoms with Gasteiger partial charge in [0.15, 0.2) is 22.9 Å². The normalized spacial score (nSPS) is 18.5. The first kappa shape index (κ1) is 17.6. The number of esters is 2. The number of benzene rings is 1. The van der Waals surface area contributed by atoms with Gasteiger partial charge in [-0.3, -0.25) is 0 Å². The second kappa shape index (κ2) is 7.17. The molecule has 4 heterocycles. The number of cyclic esters (lactones) is 2. The third kappa shape index (κ3) is 3.37. The third-order valence-electron chi connectivity index (χ3n) is 4.25. The molecule has 0 fully saturated rings. The molecule has 0 saturated carbocycles. The molecule has 2 aromatic heterocycles. The largest absolute Gasteiger partial charge is 0.459 e. The minimum absolute atomic E-state index is 0.127. The topological polar surface area (TPSA) is 104 Å². The summed E-state index contributed by atoms with van der Waals surface area (Å²) in [7, 11) is 0. The SMILES string of the molecule is O=C1OC(c2ccco2)=NC1=Cc1ccc(C=C2N=C(c3ccco3)OC2=O)cc1. The van der Waals surface area contributed by atoms with Crippen LogP contribution in [0.15, 0.2) is 91.3 Å². The summed E-state index contributed by atoms with van der Waals surface area (Å²) in [5, 5.41) is 0. The number of carbonyl (C=O) groups excluding carboxylic acids is 2. The lowest BCUT2D eigenvalue weighted by Gasteiger charge is -1.97. The molecule has 5 rings (SSSR count). The van der Waals surface area contributed by atoms with Gasteiger partial charge in [-0.2, -0.15) is 0 Å². The molecule has 3 aromatic rings. The number of aliphatic imine (C=N–C) groups is 2. The zero-order valence-electron chi connectivity index (χ0n) is 15.3. The molecule has 8 nitrogen and oxygen atoms in total. The molecule has 1 aromatic carbocycles. The van der Waals surface area contributed by atoms with Gasteiger partial charge in [0.25, 0.3) is 11.8 Å². The highest BCUT2D eigenvalue weighted by Crippen LogP contribution is 2.22. The van der Waals surface area contributed by atoms with Gasteiger partial charge in [-0.05, 0) is 47.5 Å². The molecule has 0 saturated heterocycles. The lowest BCUT2D eigenvalue weighted by molar-refractivity contribution is -0.130. The molecule has 8 heteroatoms. The quantitative estimate of drug-likeness (QED) is 0.490. The van der Waals surface area contributed by atoms with Crippen LogP contribution in [0.25, 0.3) is 12.2 Å². The predicted octanol–water partition coefficient (Wildman–Crippen LogP) is 3.56. The Labute approximate surface area is 169 Å². The molecular weight excluding hydrogens is 388 g/mol. The maximum atomic E-state index is 12.0. The summed E-state index contributed by atoms with van der Waals surface area (Å²) in [4.78, 5) is 32.4. The summed E-state index contributed by atoms with van der Waals surface area (Å²) in [5.41, 5.74) is 1.81. The van der Waals surface area contributed by atoms with Gasteiger partial charge in [-0.15, -0.1) is 0 Å². The van der Waals surface area contributed by atoms with Gasteiger partial charge in [0.2, 0.25) is 0 Å². The Morgan fingerprint density at radius 3 is 1.43 bits per heavy atom. The molecule has 0 bridgehead atoms. The number of furan rings is 2. The van der Waals surface area contributed by atoms with E-state index >= 15 is 0 Å². The fraction of sp³-hybridized carbons (Fsp3) is 0. The molecule has 2 aliphatic heterocycles. The van der Waals surface area contributed by atoms with Crippen LogP contribution >= 0.6 is 0 Å².